The van der Waals surface area contributed by atoms with Crippen LogP contribution < -0.4 is 10.6 Å². The number of rotatable bonds is 7. The van der Waals surface area contributed by atoms with Crippen LogP contribution in [-0.2, 0) is 16.1 Å². The van der Waals surface area contributed by atoms with Gasteiger partial charge in [0.25, 0.3) is 0 Å². The number of hydrogen-bond acceptors (Lipinski definition) is 6. The molecular weight excluding hydrogens is 528 g/mol. The predicted molar refractivity (Wildman–Crippen MR) is 149 cm³/mol. The van der Waals surface area contributed by atoms with Crippen LogP contribution in [0.2, 0.25) is 5.02 Å². The molecule has 1 unspecified atom stereocenters. The third kappa shape index (κ3) is 6.62. The molecule has 11 nitrogen and oxygen atoms in total. The number of aromatic nitrogens is 4. The third-order valence-corrected chi connectivity index (χ3v) is 6.78. The molecule has 1 aliphatic rings. The molecule has 0 radical (unpaired) electrons. The van der Waals surface area contributed by atoms with Gasteiger partial charge in [-0.3, -0.25) is 14.2 Å². The minimum absolute atomic E-state index is 0.0627. The summed E-state index contributed by atoms with van der Waals surface area (Å²) >= 11 is 11.7. The number of benzene rings is 1. The van der Waals surface area contributed by atoms with Gasteiger partial charge < -0.3 is 25.2 Å². The van der Waals surface area contributed by atoms with Crippen LogP contribution in [0.25, 0.3) is 0 Å². The zero-order valence-electron chi connectivity index (χ0n) is 21.6. The maximum Gasteiger partial charge on any atom is 0.409 e. The lowest BCUT2D eigenvalue weighted by molar-refractivity contribution is -0.136. The fourth-order valence-corrected chi connectivity index (χ4v) is 4.50. The Balaban J connectivity index is 1.31. The Bertz CT molecular complexity index is 1300. The number of halogens is 1. The molecule has 0 saturated carbocycles. The van der Waals surface area contributed by atoms with Gasteiger partial charge in [0.2, 0.25) is 5.91 Å². The van der Waals surface area contributed by atoms with Gasteiger partial charge in [0, 0.05) is 49.7 Å². The van der Waals surface area contributed by atoms with Crippen molar-refractivity contribution in [3.8, 4) is 0 Å². The molecule has 2 amide bonds. The molecular formula is C25H31ClN8O3S. The Hall–Kier alpha value is -3.64. The molecule has 13 heteroatoms. The Kier molecular flexibility index (Phi) is 8.85. The maximum atomic E-state index is 13.1. The molecule has 3 heterocycles. The maximum absolute atomic E-state index is 13.1. The molecule has 1 aliphatic heterocycles. The quantitative estimate of drug-likeness (QED) is 0.422. The SMILES string of the molecule is CCOC(=O)N1CCN(C(=O)C(C)n2cc(NC(=S)Nc3ccn(Cc4ccccc4Cl)n3)c(C)n2)CC1. The summed E-state index contributed by atoms with van der Waals surface area (Å²) in [5.74, 6) is 0.525. The van der Waals surface area contributed by atoms with Crippen LogP contribution in [0.1, 0.15) is 31.1 Å². The Morgan fingerprint density at radius 3 is 2.53 bits per heavy atom. The first kappa shape index (κ1) is 27.4. The molecule has 1 saturated heterocycles. The number of thiocarbonyl (C=S) groups is 1. The summed E-state index contributed by atoms with van der Waals surface area (Å²) in [7, 11) is 0. The van der Waals surface area contributed by atoms with E-state index >= 15 is 0 Å². The van der Waals surface area contributed by atoms with Crippen LogP contribution in [0.5, 0.6) is 0 Å². The summed E-state index contributed by atoms with van der Waals surface area (Å²) < 4.78 is 8.44. The van der Waals surface area contributed by atoms with E-state index in [1.807, 2.05) is 43.5 Å². The standard InChI is InChI=1S/C25H31ClN8O3S/c1-4-37-25(36)32-13-11-31(12-14-32)23(35)18(3)34-16-21(17(2)29-34)27-24(38)28-22-9-10-33(30-22)15-19-7-5-6-8-20(19)26/h5-10,16,18H,4,11-15H2,1-3H3,(H2,27,28,30,38). The van der Waals surface area contributed by atoms with E-state index in [1.165, 1.54) is 0 Å². The van der Waals surface area contributed by atoms with Gasteiger partial charge in [-0.05, 0) is 44.6 Å². The second kappa shape index (κ2) is 12.3. The van der Waals surface area contributed by atoms with Crippen LogP contribution in [0.15, 0.2) is 42.7 Å². The summed E-state index contributed by atoms with van der Waals surface area (Å²) in [6.07, 6.45) is 3.26. The van der Waals surface area contributed by atoms with Crippen molar-refractivity contribution in [2.75, 3.05) is 43.4 Å². The van der Waals surface area contributed by atoms with Gasteiger partial charge in [0.05, 0.1) is 24.5 Å². The first-order chi connectivity index (χ1) is 18.2. The molecule has 0 spiro atoms. The molecule has 38 heavy (non-hydrogen) atoms. The smallest absolute Gasteiger partial charge is 0.409 e. The van der Waals surface area contributed by atoms with Gasteiger partial charge in [-0.15, -0.1) is 0 Å². The number of anilines is 2. The van der Waals surface area contributed by atoms with Crippen molar-refractivity contribution >= 4 is 52.4 Å². The number of hydrogen-bond donors (Lipinski definition) is 2. The van der Waals surface area contributed by atoms with Crippen LogP contribution >= 0.6 is 23.8 Å². The molecule has 2 aromatic heterocycles. The van der Waals surface area contributed by atoms with E-state index in [0.29, 0.717) is 66.7 Å². The zero-order valence-corrected chi connectivity index (χ0v) is 23.1. The van der Waals surface area contributed by atoms with E-state index in [0.717, 1.165) is 5.56 Å². The topological polar surface area (TPSA) is 110 Å². The lowest BCUT2D eigenvalue weighted by Crippen LogP contribution is -2.52. The minimum Gasteiger partial charge on any atom is -0.450 e. The molecule has 0 aliphatic carbocycles. The van der Waals surface area contributed by atoms with Crippen molar-refractivity contribution in [1.82, 2.24) is 29.4 Å². The van der Waals surface area contributed by atoms with Crippen LogP contribution in [0.3, 0.4) is 0 Å². The van der Waals surface area contributed by atoms with Crippen molar-refractivity contribution in [1.29, 1.82) is 0 Å². The fraction of sp³-hybridized carbons (Fsp3) is 0.400. The number of amides is 2. The van der Waals surface area contributed by atoms with Crippen LogP contribution in [0, 0.1) is 6.92 Å². The largest absolute Gasteiger partial charge is 0.450 e. The summed E-state index contributed by atoms with van der Waals surface area (Å²) in [4.78, 5) is 28.4. The zero-order chi connectivity index (χ0) is 27.2. The van der Waals surface area contributed by atoms with Gasteiger partial charge in [-0.2, -0.15) is 10.2 Å². The first-order valence-corrected chi connectivity index (χ1v) is 13.1. The van der Waals surface area contributed by atoms with Crippen molar-refractivity contribution in [2.45, 2.75) is 33.4 Å². The van der Waals surface area contributed by atoms with Gasteiger partial charge in [0.15, 0.2) is 10.9 Å². The average molecular weight is 559 g/mol. The van der Waals surface area contributed by atoms with E-state index in [9.17, 15) is 9.59 Å². The minimum atomic E-state index is -0.513. The molecule has 1 fully saturated rings. The van der Waals surface area contributed by atoms with Gasteiger partial charge >= 0.3 is 6.09 Å². The summed E-state index contributed by atoms with van der Waals surface area (Å²) in [6.45, 7) is 8.07. The molecule has 2 N–H and O–H groups in total. The Morgan fingerprint density at radius 1 is 1.11 bits per heavy atom. The third-order valence-electron chi connectivity index (χ3n) is 6.21. The highest BCUT2D eigenvalue weighted by Crippen LogP contribution is 2.20. The molecule has 202 valence electrons. The van der Waals surface area contributed by atoms with Crippen molar-refractivity contribution < 1.29 is 14.3 Å². The highest BCUT2D eigenvalue weighted by Gasteiger charge is 2.29. The number of nitrogens with one attached hydrogen (secondary N) is 2. The number of nitrogens with zero attached hydrogens (tertiary/aromatic N) is 6. The normalized spacial score (nSPS) is 14.2. The van der Waals surface area contributed by atoms with E-state index in [-0.39, 0.29) is 12.0 Å². The van der Waals surface area contributed by atoms with E-state index < -0.39 is 6.04 Å². The number of carbonyl (C=O) groups excluding carboxylic acids is 2. The monoisotopic (exact) mass is 558 g/mol. The average Bonchev–Trinajstić information content (AvgIpc) is 3.50. The molecule has 1 aromatic carbocycles. The molecule has 1 atom stereocenters. The molecule has 3 aromatic rings. The van der Waals surface area contributed by atoms with Gasteiger partial charge in [0.1, 0.15) is 6.04 Å². The van der Waals surface area contributed by atoms with E-state index in [4.69, 9.17) is 28.6 Å². The van der Waals surface area contributed by atoms with E-state index in [2.05, 4.69) is 20.8 Å². The highest BCUT2D eigenvalue weighted by atomic mass is 35.5. The Labute approximate surface area is 231 Å². The van der Waals surface area contributed by atoms with E-state index in [1.54, 1.807) is 39.2 Å². The van der Waals surface area contributed by atoms with Crippen molar-refractivity contribution in [3.05, 3.63) is 59.0 Å². The lowest BCUT2D eigenvalue weighted by Gasteiger charge is -2.35. The first-order valence-electron chi connectivity index (χ1n) is 12.4. The second-order valence-electron chi connectivity index (χ2n) is 8.86. The Morgan fingerprint density at radius 2 is 1.82 bits per heavy atom. The van der Waals surface area contributed by atoms with Gasteiger partial charge in [-0.1, -0.05) is 29.8 Å². The van der Waals surface area contributed by atoms with Crippen LogP contribution in [-0.4, -0.2) is 79.3 Å². The summed E-state index contributed by atoms with van der Waals surface area (Å²) in [5, 5.41) is 16.3. The van der Waals surface area contributed by atoms with Crippen LogP contribution in [0.4, 0.5) is 16.3 Å². The predicted octanol–water partition coefficient (Wildman–Crippen LogP) is 3.76. The highest BCUT2D eigenvalue weighted by molar-refractivity contribution is 7.80. The molecule has 4 rings (SSSR count). The number of aryl methyl sites for hydroxylation is 1. The number of carbonyl (C=O) groups is 2. The van der Waals surface area contributed by atoms with Crippen molar-refractivity contribution in [2.24, 2.45) is 0 Å². The summed E-state index contributed by atoms with van der Waals surface area (Å²) in [5.41, 5.74) is 2.35. The fourth-order valence-electron chi connectivity index (χ4n) is 4.09. The molecule has 0 bridgehead atoms. The van der Waals surface area contributed by atoms with Gasteiger partial charge in [-0.25, -0.2) is 4.79 Å². The summed E-state index contributed by atoms with van der Waals surface area (Å²) in [6, 6.07) is 8.94. The lowest BCUT2D eigenvalue weighted by atomic mass is 10.2. The number of ether oxygens (including phenoxy) is 1. The second-order valence-corrected chi connectivity index (χ2v) is 9.68. The van der Waals surface area contributed by atoms with Crippen molar-refractivity contribution in [3.63, 3.8) is 0 Å². The number of piperazine rings is 1.